The lowest BCUT2D eigenvalue weighted by Gasteiger charge is -2.24. The summed E-state index contributed by atoms with van der Waals surface area (Å²) >= 11 is 0. The molecule has 0 spiro atoms. The number of carbonyl (C=O) groups excluding carboxylic acids is 2. The van der Waals surface area contributed by atoms with Gasteiger partial charge in [0.05, 0.1) is 6.21 Å². The van der Waals surface area contributed by atoms with Gasteiger partial charge in [0.15, 0.2) is 0 Å². The van der Waals surface area contributed by atoms with Crippen LogP contribution >= 0.6 is 0 Å². The van der Waals surface area contributed by atoms with Gasteiger partial charge in [-0.1, -0.05) is 43.3 Å². The first-order chi connectivity index (χ1) is 12.4. The Kier molecular flexibility index (Phi) is 4.64. The number of hydrogen-bond donors (Lipinski definition) is 1. The Morgan fingerprint density at radius 2 is 1.69 bits per heavy atom. The Labute approximate surface area is 153 Å². The molecule has 0 radical (unpaired) electrons. The second-order valence-electron chi connectivity index (χ2n) is 6.71. The Morgan fingerprint density at radius 1 is 1.04 bits per heavy atom. The highest BCUT2D eigenvalue weighted by atomic mass is 16.2. The number of urea groups is 1. The van der Waals surface area contributed by atoms with Gasteiger partial charge in [-0.15, -0.1) is 5.01 Å². The van der Waals surface area contributed by atoms with Gasteiger partial charge < -0.3 is 5.32 Å². The molecule has 1 aliphatic heterocycles. The van der Waals surface area contributed by atoms with Crippen molar-refractivity contribution in [2.45, 2.75) is 39.7 Å². The van der Waals surface area contributed by atoms with Gasteiger partial charge in [-0.25, -0.2) is 4.79 Å². The minimum atomic E-state index is -1.06. The number of nitrogens with zero attached hydrogens (tertiary/aromatic N) is 2. The summed E-state index contributed by atoms with van der Waals surface area (Å²) in [7, 11) is 0. The van der Waals surface area contributed by atoms with E-state index in [4.69, 9.17) is 0 Å². The van der Waals surface area contributed by atoms with Crippen molar-refractivity contribution in [2.24, 2.45) is 5.10 Å². The molecule has 3 amide bonds. The average molecular weight is 349 g/mol. The summed E-state index contributed by atoms with van der Waals surface area (Å²) in [5.74, 6) is -0.353. The fourth-order valence-electron chi connectivity index (χ4n) is 3.27. The summed E-state index contributed by atoms with van der Waals surface area (Å²) < 4.78 is 0. The molecular formula is C21H23N3O2. The van der Waals surface area contributed by atoms with Crippen LogP contribution in [0.15, 0.2) is 47.6 Å². The van der Waals surface area contributed by atoms with Gasteiger partial charge in [0, 0.05) is 0 Å². The van der Waals surface area contributed by atoms with Gasteiger partial charge in [0.25, 0.3) is 5.91 Å². The zero-order chi connectivity index (χ0) is 18.9. The predicted octanol–water partition coefficient (Wildman–Crippen LogP) is 3.80. The van der Waals surface area contributed by atoms with E-state index in [0.29, 0.717) is 6.42 Å². The molecule has 0 bridgehead atoms. The van der Waals surface area contributed by atoms with Crippen LogP contribution in [0.4, 0.5) is 4.79 Å². The lowest BCUT2D eigenvalue weighted by molar-refractivity contribution is -0.131. The largest absolute Gasteiger partial charge is 0.346 e. The first-order valence-electron chi connectivity index (χ1n) is 8.73. The third kappa shape index (κ3) is 2.90. The second kappa shape index (κ2) is 6.75. The number of imide groups is 1. The van der Waals surface area contributed by atoms with Crippen LogP contribution in [0, 0.1) is 20.8 Å². The summed E-state index contributed by atoms with van der Waals surface area (Å²) in [5.41, 5.74) is 3.98. The van der Waals surface area contributed by atoms with Crippen molar-refractivity contribution in [3.63, 3.8) is 0 Å². The minimum absolute atomic E-state index is 0.353. The monoisotopic (exact) mass is 349 g/mol. The van der Waals surface area contributed by atoms with Crippen LogP contribution in [0.5, 0.6) is 0 Å². The molecule has 1 atom stereocenters. The van der Waals surface area contributed by atoms with E-state index in [1.165, 1.54) is 5.56 Å². The van der Waals surface area contributed by atoms with Crippen LogP contribution in [-0.4, -0.2) is 23.2 Å². The molecule has 1 aliphatic rings. The van der Waals surface area contributed by atoms with Gasteiger partial charge in [0.2, 0.25) is 0 Å². The first kappa shape index (κ1) is 17.9. The molecule has 26 heavy (non-hydrogen) atoms. The molecule has 0 saturated carbocycles. The third-order valence-corrected chi connectivity index (χ3v) is 5.06. The zero-order valence-corrected chi connectivity index (χ0v) is 15.5. The SMILES string of the molecule is CC[C@]1(c2ccccc2)NC(=O)N(/N=C\c2cc(C)c(C)cc2C)C1=O. The molecule has 0 aromatic heterocycles. The average Bonchev–Trinajstić information content (AvgIpc) is 2.89. The van der Waals surface area contributed by atoms with Gasteiger partial charge in [-0.3, -0.25) is 4.79 Å². The quantitative estimate of drug-likeness (QED) is 0.674. The highest BCUT2D eigenvalue weighted by Crippen LogP contribution is 2.32. The molecule has 5 heteroatoms. The lowest BCUT2D eigenvalue weighted by Crippen LogP contribution is -2.43. The molecule has 0 aliphatic carbocycles. The van der Waals surface area contributed by atoms with Crippen LogP contribution in [0.3, 0.4) is 0 Å². The predicted molar refractivity (Wildman–Crippen MR) is 102 cm³/mol. The third-order valence-electron chi connectivity index (χ3n) is 5.06. The molecule has 1 heterocycles. The standard InChI is InChI=1S/C21H23N3O2/c1-5-21(18-9-7-6-8-10-18)19(25)24(20(26)23-21)22-13-17-12-15(3)14(2)11-16(17)4/h6-13H,5H2,1-4H3,(H,23,26)/b22-13-/t21-/m1/s1. The summed E-state index contributed by atoms with van der Waals surface area (Å²) in [6.45, 7) is 7.94. The van der Waals surface area contributed by atoms with E-state index in [1.807, 2.05) is 57.2 Å². The maximum atomic E-state index is 13.0. The van der Waals surface area contributed by atoms with Crippen LogP contribution in [0.2, 0.25) is 0 Å². The molecule has 1 fully saturated rings. The summed E-state index contributed by atoms with van der Waals surface area (Å²) in [6.07, 6.45) is 2.03. The van der Waals surface area contributed by atoms with Crippen molar-refractivity contribution >= 4 is 18.2 Å². The maximum absolute atomic E-state index is 13.0. The van der Waals surface area contributed by atoms with E-state index in [2.05, 4.69) is 23.4 Å². The molecule has 2 aromatic rings. The van der Waals surface area contributed by atoms with Crippen LogP contribution in [0.1, 0.15) is 41.2 Å². The van der Waals surface area contributed by atoms with Gasteiger partial charge in [0.1, 0.15) is 5.54 Å². The molecule has 134 valence electrons. The topological polar surface area (TPSA) is 61.8 Å². The highest BCUT2D eigenvalue weighted by molar-refractivity contribution is 6.07. The molecule has 1 saturated heterocycles. The van der Waals surface area contributed by atoms with E-state index < -0.39 is 11.6 Å². The van der Waals surface area contributed by atoms with Crippen molar-refractivity contribution < 1.29 is 9.59 Å². The molecule has 2 aromatic carbocycles. The second-order valence-corrected chi connectivity index (χ2v) is 6.71. The van der Waals surface area contributed by atoms with E-state index in [0.717, 1.165) is 27.3 Å². The minimum Gasteiger partial charge on any atom is -0.318 e. The van der Waals surface area contributed by atoms with E-state index in [9.17, 15) is 9.59 Å². The summed E-state index contributed by atoms with van der Waals surface area (Å²) in [6, 6.07) is 12.9. The molecular weight excluding hydrogens is 326 g/mol. The number of aryl methyl sites for hydroxylation is 3. The van der Waals surface area contributed by atoms with Crippen molar-refractivity contribution in [1.29, 1.82) is 0 Å². The number of benzene rings is 2. The van der Waals surface area contributed by atoms with Gasteiger partial charge in [-0.05, 0) is 61.1 Å². The smallest absolute Gasteiger partial charge is 0.318 e. The van der Waals surface area contributed by atoms with Gasteiger partial charge in [-0.2, -0.15) is 5.10 Å². The Hall–Kier alpha value is -2.95. The van der Waals surface area contributed by atoms with Crippen molar-refractivity contribution in [1.82, 2.24) is 10.3 Å². The van der Waals surface area contributed by atoms with E-state index >= 15 is 0 Å². The molecule has 3 rings (SSSR count). The van der Waals surface area contributed by atoms with Gasteiger partial charge >= 0.3 is 6.03 Å². The van der Waals surface area contributed by atoms with Crippen LogP contribution < -0.4 is 5.32 Å². The highest BCUT2D eigenvalue weighted by Gasteiger charge is 2.51. The van der Waals surface area contributed by atoms with Crippen molar-refractivity contribution in [2.75, 3.05) is 0 Å². The number of nitrogens with one attached hydrogen (secondary N) is 1. The molecule has 0 unspecified atom stereocenters. The zero-order valence-electron chi connectivity index (χ0n) is 15.5. The van der Waals surface area contributed by atoms with Crippen LogP contribution in [-0.2, 0) is 10.3 Å². The van der Waals surface area contributed by atoms with E-state index in [-0.39, 0.29) is 5.91 Å². The number of hydrazone groups is 1. The van der Waals surface area contributed by atoms with Crippen LogP contribution in [0.25, 0.3) is 0 Å². The van der Waals surface area contributed by atoms with Crippen molar-refractivity contribution in [3.05, 3.63) is 70.3 Å². The molecule has 5 nitrogen and oxygen atoms in total. The lowest BCUT2D eigenvalue weighted by atomic mass is 9.87. The molecule has 1 N–H and O–H groups in total. The number of rotatable bonds is 4. The Bertz CT molecular complexity index is 890. The fourth-order valence-corrected chi connectivity index (χ4v) is 3.27. The number of amides is 3. The number of hydrogen-bond acceptors (Lipinski definition) is 3. The Morgan fingerprint density at radius 3 is 2.35 bits per heavy atom. The summed E-state index contributed by atoms with van der Waals surface area (Å²) in [5, 5.41) is 7.97. The summed E-state index contributed by atoms with van der Waals surface area (Å²) in [4.78, 5) is 25.5. The fraction of sp³-hybridized carbons (Fsp3) is 0.286. The van der Waals surface area contributed by atoms with Crippen molar-refractivity contribution in [3.8, 4) is 0 Å². The normalized spacial score (nSPS) is 20.1. The first-order valence-corrected chi connectivity index (χ1v) is 8.73. The Balaban J connectivity index is 1.94. The number of carbonyl (C=O) groups is 2. The maximum Gasteiger partial charge on any atom is 0.346 e. The van der Waals surface area contributed by atoms with E-state index in [1.54, 1.807) is 6.21 Å².